The van der Waals surface area contributed by atoms with Crippen LogP contribution in [0.2, 0.25) is 0 Å². The van der Waals surface area contributed by atoms with Crippen molar-refractivity contribution < 1.29 is 13.2 Å². The molecule has 0 fully saturated rings. The fraction of sp³-hybridized carbons (Fsp3) is 0.882. The lowest BCUT2D eigenvalue weighted by atomic mass is 9.92. The summed E-state index contributed by atoms with van der Waals surface area (Å²) in [6.45, 7) is 20.7. The first-order valence-corrected chi connectivity index (χ1v) is 9.65. The van der Waals surface area contributed by atoms with Gasteiger partial charge in [-0.3, -0.25) is 4.79 Å². The van der Waals surface area contributed by atoms with E-state index in [4.69, 9.17) is 12.2 Å². The number of hydrogen-bond donors (Lipinski definition) is 0. The second-order valence-corrected chi connectivity index (χ2v) is 11.9. The van der Waals surface area contributed by atoms with E-state index in [1.807, 2.05) is 27.7 Å². The summed E-state index contributed by atoms with van der Waals surface area (Å²) in [5, 5.41) is 0. The Hall–Kier alpha value is -0.290. The van der Waals surface area contributed by atoms with E-state index < -0.39 is 14.6 Å². The minimum atomic E-state index is -2.84. The minimum Gasteiger partial charge on any atom is -0.299 e. The number of rotatable bonds is 0. The quantitative estimate of drug-likeness (QED) is 0.583. The lowest BCUT2D eigenvalue weighted by Gasteiger charge is -2.14. The highest BCUT2D eigenvalue weighted by atomic mass is 32.2. The summed E-state index contributed by atoms with van der Waals surface area (Å²) in [5.74, 6) is 0.243. The molecule has 0 aromatic heterocycles. The van der Waals surface area contributed by atoms with Crippen molar-refractivity contribution in [3.8, 4) is 0 Å². The predicted octanol–water partition coefficient (Wildman–Crippen LogP) is 4.87. The van der Waals surface area contributed by atoms with Crippen molar-refractivity contribution in [1.29, 1.82) is 0 Å². The zero-order valence-electron chi connectivity index (χ0n) is 16.5. The SMILES string of the molecule is CC(=O)C(C)(C)C.CC(=S)C(C)(C)C.CC(C)(C)S(C)(=O)=O. The van der Waals surface area contributed by atoms with Crippen LogP contribution in [0.15, 0.2) is 0 Å². The highest BCUT2D eigenvalue weighted by Crippen LogP contribution is 2.14. The molecule has 0 N–H and O–H groups in total. The Morgan fingerprint density at radius 1 is 0.773 bits per heavy atom. The largest absolute Gasteiger partial charge is 0.299 e. The zero-order valence-corrected chi connectivity index (χ0v) is 18.2. The van der Waals surface area contributed by atoms with Crippen LogP contribution in [0.1, 0.15) is 76.2 Å². The molecule has 0 aliphatic carbocycles. The van der Waals surface area contributed by atoms with Crippen LogP contribution in [0.25, 0.3) is 0 Å². The second-order valence-electron chi connectivity index (χ2n) is 8.50. The third kappa shape index (κ3) is 16.1. The molecular formula is C17H36O3S2. The maximum absolute atomic E-state index is 10.7. The van der Waals surface area contributed by atoms with Gasteiger partial charge in [0.05, 0.1) is 4.75 Å². The van der Waals surface area contributed by atoms with Crippen LogP contribution in [-0.4, -0.2) is 30.1 Å². The van der Waals surface area contributed by atoms with Gasteiger partial charge in [0, 0.05) is 11.7 Å². The van der Waals surface area contributed by atoms with Gasteiger partial charge in [-0.05, 0) is 44.9 Å². The Balaban J connectivity index is -0.000000247. The monoisotopic (exact) mass is 352 g/mol. The molecule has 0 saturated carbocycles. The third-order valence-corrected chi connectivity index (χ3v) is 6.06. The Bertz CT molecular complexity index is 430. The lowest BCUT2D eigenvalue weighted by molar-refractivity contribution is -0.124. The number of ketones is 1. The summed E-state index contributed by atoms with van der Waals surface area (Å²) < 4.78 is 20.7. The van der Waals surface area contributed by atoms with Gasteiger partial charge < -0.3 is 0 Å². The van der Waals surface area contributed by atoms with Crippen LogP contribution in [0.5, 0.6) is 0 Å². The molecule has 134 valence electrons. The molecule has 0 atom stereocenters. The molecule has 0 heterocycles. The van der Waals surface area contributed by atoms with Gasteiger partial charge in [-0.2, -0.15) is 0 Å². The van der Waals surface area contributed by atoms with Gasteiger partial charge in [0.2, 0.25) is 0 Å². The van der Waals surface area contributed by atoms with E-state index in [-0.39, 0.29) is 16.6 Å². The normalized spacial score (nSPS) is 12.4. The number of Topliss-reactive ketones (excluding diaryl/α,β-unsaturated/α-hetero) is 1. The Kier molecular flexibility index (Phi) is 11.0. The predicted molar refractivity (Wildman–Crippen MR) is 102 cm³/mol. The summed E-state index contributed by atoms with van der Waals surface area (Å²) in [5.41, 5.74) is 0.0926. The van der Waals surface area contributed by atoms with E-state index in [0.717, 1.165) is 4.86 Å². The summed E-state index contributed by atoms with van der Waals surface area (Å²) in [4.78, 5) is 11.5. The molecule has 0 aromatic rings. The summed E-state index contributed by atoms with van der Waals surface area (Å²) in [6, 6.07) is 0. The van der Waals surface area contributed by atoms with Crippen LogP contribution < -0.4 is 0 Å². The first-order chi connectivity index (χ1) is 9.14. The fourth-order valence-electron chi connectivity index (χ4n) is 0. The van der Waals surface area contributed by atoms with E-state index in [9.17, 15) is 13.2 Å². The molecule has 0 unspecified atom stereocenters. The molecule has 22 heavy (non-hydrogen) atoms. The average Bonchev–Trinajstić information content (AvgIpc) is 2.12. The average molecular weight is 353 g/mol. The van der Waals surface area contributed by atoms with E-state index in [2.05, 4.69) is 20.8 Å². The smallest absolute Gasteiger partial charge is 0.152 e. The van der Waals surface area contributed by atoms with Gasteiger partial charge in [-0.25, -0.2) is 8.42 Å². The Labute approximate surface area is 144 Å². The molecule has 0 amide bonds. The highest BCUT2D eigenvalue weighted by Gasteiger charge is 2.22. The van der Waals surface area contributed by atoms with Gasteiger partial charge in [0.15, 0.2) is 9.84 Å². The molecule has 3 nitrogen and oxygen atoms in total. The van der Waals surface area contributed by atoms with Crippen molar-refractivity contribution in [3.05, 3.63) is 0 Å². The van der Waals surface area contributed by atoms with Gasteiger partial charge >= 0.3 is 0 Å². The molecule has 0 radical (unpaired) electrons. The number of sulfone groups is 1. The van der Waals surface area contributed by atoms with Crippen LogP contribution in [0, 0.1) is 10.8 Å². The standard InChI is InChI=1S/C6H12O.C6H12S.C5H12O2S/c2*1-5(7)6(2,3)4;1-5(2,3)8(4,6)7/h2*1-4H3;1-4H3. The summed E-state index contributed by atoms with van der Waals surface area (Å²) >= 11 is 4.93. The summed E-state index contributed by atoms with van der Waals surface area (Å²) in [6.07, 6.45) is 1.24. The molecule has 0 aliphatic rings. The molecule has 0 aromatic carbocycles. The number of hydrogen-bond acceptors (Lipinski definition) is 4. The van der Waals surface area contributed by atoms with Crippen LogP contribution in [0.3, 0.4) is 0 Å². The molecule has 0 saturated heterocycles. The molecule has 0 bridgehead atoms. The topological polar surface area (TPSA) is 51.2 Å². The highest BCUT2D eigenvalue weighted by molar-refractivity contribution is 7.92. The molecule has 5 heteroatoms. The number of carbonyl (C=O) groups is 1. The summed E-state index contributed by atoms with van der Waals surface area (Å²) in [7, 11) is -2.84. The first kappa shape index (κ1) is 26.6. The van der Waals surface area contributed by atoms with Crippen molar-refractivity contribution in [1.82, 2.24) is 0 Å². The lowest BCUT2D eigenvalue weighted by Crippen LogP contribution is -2.26. The van der Waals surface area contributed by atoms with Crippen molar-refractivity contribution in [3.63, 3.8) is 0 Å². The van der Waals surface area contributed by atoms with Crippen LogP contribution in [-0.2, 0) is 14.6 Å². The number of carbonyl (C=O) groups excluding carboxylic acids is 1. The first-order valence-electron chi connectivity index (χ1n) is 7.35. The fourth-order valence-corrected chi connectivity index (χ4v) is 0. The van der Waals surface area contributed by atoms with Gasteiger partial charge in [-0.15, -0.1) is 0 Å². The van der Waals surface area contributed by atoms with Crippen LogP contribution >= 0.6 is 12.2 Å². The van der Waals surface area contributed by atoms with Gasteiger partial charge in [-0.1, -0.05) is 53.8 Å². The van der Waals surface area contributed by atoms with Crippen molar-refractivity contribution in [2.24, 2.45) is 10.8 Å². The van der Waals surface area contributed by atoms with Gasteiger partial charge in [0.25, 0.3) is 0 Å². The van der Waals surface area contributed by atoms with E-state index in [1.54, 1.807) is 27.7 Å². The number of thiocarbonyl (C=S) groups is 1. The third-order valence-electron chi connectivity index (χ3n) is 3.22. The van der Waals surface area contributed by atoms with E-state index in [1.165, 1.54) is 6.26 Å². The Morgan fingerprint density at radius 3 is 0.909 bits per heavy atom. The zero-order chi connectivity index (χ0) is 19.2. The molecule has 0 aliphatic heterocycles. The van der Waals surface area contributed by atoms with Gasteiger partial charge in [0.1, 0.15) is 5.78 Å². The molecule has 0 spiro atoms. The van der Waals surface area contributed by atoms with E-state index >= 15 is 0 Å². The second kappa shape index (κ2) is 9.11. The molecular weight excluding hydrogens is 316 g/mol. The van der Waals surface area contributed by atoms with Crippen LogP contribution in [0.4, 0.5) is 0 Å². The maximum Gasteiger partial charge on any atom is 0.152 e. The van der Waals surface area contributed by atoms with Crippen molar-refractivity contribution in [2.45, 2.75) is 80.9 Å². The molecule has 0 rings (SSSR count). The van der Waals surface area contributed by atoms with E-state index in [0.29, 0.717) is 0 Å². The Morgan fingerprint density at radius 2 is 0.909 bits per heavy atom. The maximum atomic E-state index is 10.7. The van der Waals surface area contributed by atoms with Crippen molar-refractivity contribution >= 4 is 32.7 Å². The minimum absolute atomic E-state index is 0.139. The van der Waals surface area contributed by atoms with Crippen molar-refractivity contribution in [2.75, 3.05) is 6.26 Å².